The average molecular weight is 1480 g/mol. The number of aliphatic hydroxyl groups is 1. The van der Waals surface area contributed by atoms with E-state index in [0.717, 1.165) is 88.5 Å². The SMILES string of the molecule is Brc1ccccc1N1c2ccccc2C(c2ccccc2)(c2ccccc2)c2ccccc21.C.C.O=c1c2ccccc2n(-c2ccccc2)c2ccccc12.OC1(c2ccccc2N2c3ccccc3C(c3ccccc3)(c3ccccc3)c3ccccc32)c2ccccc2N(c2ccccc2)c2ccccc21.[2HH]. The van der Waals surface area contributed by atoms with Crippen molar-refractivity contribution in [2.24, 2.45) is 0 Å². The zero-order valence-electron chi connectivity index (χ0n) is 58.4. The van der Waals surface area contributed by atoms with E-state index in [4.69, 9.17) is 0 Å². The van der Waals surface area contributed by atoms with Gasteiger partial charge in [0.05, 0.1) is 67.4 Å². The summed E-state index contributed by atoms with van der Waals surface area (Å²) in [5, 5.41) is 15.2. The molecular weight excluding hydrogens is 1390 g/mol. The van der Waals surface area contributed by atoms with E-state index in [1.54, 1.807) is 0 Å². The van der Waals surface area contributed by atoms with Crippen LogP contribution in [0, 0.1) is 0 Å². The molecule has 109 heavy (non-hydrogen) atoms. The summed E-state index contributed by atoms with van der Waals surface area (Å²) >= 11 is 3.81. The fourth-order valence-corrected chi connectivity index (χ4v) is 17.6. The largest absolute Gasteiger partial charge is 0.376 e. The van der Waals surface area contributed by atoms with Crippen molar-refractivity contribution < 1.29 is 6.53 Å². The summed E-state index contributed by atoms with van der Waals surface area (Å²) in [6.07, 6.45) is 0. The van der Waals surface area contributed by atoms with Gasteiger partial charge in [0.15, 0.2) is 5.43 Å². The molecule has 0 atom stereocenters. The molecule has 4 heterocycles. The minimum Gasteiger partial charge on any atom is -0.376 e. The Labute approximate surface area is 647 Å². The van der Waals surface area contributed by atoms with Gasteiger partial charge in [0.25, 0.3) is 0 Å². The molecule has 0 unspecified atom stereocenters. The number of hydrogen-bond donors (Lipinski definition) is 1. The van der Waals surface area contributed by atoms with Crippen LogP contribution in [-0.2, 0) is 16.4 Å². The first kappa shape index (κ1) is 70.2. The predicted molar refractivity (Wildman–Crippen MR) is 460 cm³/mol. The maximum absolute atomic E-state index is 13.7. The fourth-order valence-electron chi connectivity index (χ4n) is 17.2. The van der Waals surface area contributed by atoms with Crippen LogP contribution in [0.4, 0.5) is 51.2 Å². The Morgan fingerprint density at radius 1 is 0.239 bits per heavy atom. The second kappa shape index (κ2) is 29.6. The second-order valence-corrected chi connectivity index (χ2v) is 28.0. The molecule has 20 rings (SSSR count). The molecule has 0 aliphatic carbocycles. The quantitative estimate of drug-likeness (QED) is 0.146. The molecule has 16 aromatic carbocycles. The van der Waals surface area contributed by atoms with Crippen LogP contribution in [0.25, 0.3) is 27.5 Å². The van der Waals surface area contributed by atoms with E-state index >= 15 is 0 Å². The summed E-state index contributed by atoms with van der Waals surface area (Å²) in [5.74, 6) is 0. The van der Waals surface area contributed by atoms with E-state index in [1.165, 1.54) is 55.9 Å². The lowest BCUT2D eigenvalue weighted by Crippen LogP contribution is -2.40. The summed E-state index contributed by atoms with van der Waals surface area (Å²) in [6.45, 7) is 0. The average Bonchev–Trinajstić information content (AvgIpc) is 0.698. The van der Waals surface area contributed by atoms with Gasteiger partial charge >= 0.3 is 0 Å². The molecule has 0 saturated carbocycles. The Bertz CT molecular complexity index is 5900. The topological polar surface area (TPSA) is 52.0 Å². The molecule has 7 heteroatoms. The van der Waals surface area contributed by atoms with Crippen LogP contribution < -0.4 is 20.1 Å². The highest BCUT2D eigenvalue weighted by Crippen LogP contribution is 2.62. The van der Waals surface area contributed by atoms with Crippen molar-refractivity contribution in [3.8, 4) is 5.69 Å². The lowest BCUT2D eigenvalue weighted by molar-refractivity contribution is 0.126. The standard InChI is InChI=1S/C50H36N2O.C31H22BrN.C19H13NO.2CH4.H2/c53-50(41-28-12-17-33-46(41)51(38-24-8-3-9-25-38)47-34-18-13-29-42(47)50)43-30-14-19-35-48(43)52-44-31-15-10-26-39(44)49(36-20-4-1-5-21-36,37-22-6-2-7-23-37)40-27-11-16-32-45(40)52;32-27-19-9-12-22-30(27)33-28-20-10-7-17-25(28)31(23-13-3-1-4-14-23,24-15-5-2-6-16-24)26-18-8-11-21-29(26)33;21-19-15-10-4-6-12-17(15)20(14-8-2-1-3-9-14)18-13-7-5-11-16(18)19;;;/h1-35,53H;1-22H;1-13H;2*1H4;1H/i;;;;;1+1. The predicted octanol–water partition coefficient (Wildman–Crippen LogP) is 26.2. The molecule has 0 radical (unpaired) electrons. The third kappa shape index (κ3) is 11.5. The highest BCUT2D eigenvalue weighted by molar-refractivity contribution is 9.10. The number of fused-ring (bicyclic) bond motifs is 8. The number of benzene rings is 16. The molecule has 6 nitrogen and oxygen atoms in total. The second-order valence-electron chi connectivity index (χ2n) is 27.1. The Morgan fingerprint density at radius 3 is 0.798 bits per heavy atom. The van der Waals surface area contributed by atoms with Gasteiger partial charge in [0, 0.05) is 44.7 Å². The van der Waals surface area contributed by atoms with Gasteiger partial charge in [-0.2, -0.15) is 0 Å². The lowest BCUT2D eigenvalue weighted by atomic mass is 9.62. The highest BCUT2D eigenvalue weighted by Gasteiger charge is 2.51. The van der Waals surface area contributed by atoms with Crippen LogP contribution >= 0.6 is 15.9 Å². The number of nitrogens with zero attached hydrogens (tertiary/aromatic N) is 4. The van der Waals surface area contributed by atoms with E-state index in [1.807, 2.05) is 91.0 Å². The third-order valence-electron chi connectivity index (χ3n) is 21.5. The Kier molecular flexibility index (Phi) is 19.1. The number of anilines is 9. The molecule has 3 aliphatic rings. The summed E-state index contributed by atoms with van der Waals surface area (Å²) in [5.41, 5.74) is 22.4. The van der Waals surface area contributed by atoms with E-state index in [9.17, 15) is 9.90 Å². The Balaban J connectivity index is 0.000000143. The van der Waals surface area contributed by atoms with Crippen molar-refractivity contribution in [2.45, 2.75) is 31.3 Å². The molecule has 3 aliphatic heterocycles. The molecule has 0 bridgehead atoms. The minimum absolute atomic E-state index is 0. The number of para-hydroxylation sites is 12. The number of halogens is 1. The van der Waals surface area contributed by atoms with Crippen LogP contribution in [0.2, 0.25) is 0 Å². The van der Waals surface area contributed by atoms with Crippen LogP contribution in [0.3, 0.4) is 0 Å². The molecule has 1 N–H and O–H groups in total. The molecule has 0 fully saturated rings. The van der Waals surface area contributed by atoms with Crippen molar-refractivity contribution >= 4 is 88.9 Å². The number of aromatic nitrogens is 1. The Morgan fingerprint density at radius 2 is 0.468 bits per heavy atom. The first-order valence-electron chi connectivity index (χ1n) is 36.3. The van der Waals surface area contributed by atoms with Gasteiger partial charge < -0.3 is 24.4 Å². The summed E-state index contributed by atoms with van der Waals surface area (Å²) in [7, 11) is 0. The van der Waals surface area contributed by atoms with E-state index in [-0.39, 0.29) is 21.7 Å². The zero-order chi connectivity index (χ0) is 71.9. The van der Waals surface area contributed by atoms with Gasteiger partial charge in [0.2, 0.25) is 0 Å². The first-order valence-corrected chi connectivity index (χ1v) is 37.1. The van der Waals surface area contributed by atoms with Gasteiger partial charge in [-0.05, 0) is 164 Å². The van der Waals surface area contributed by atoms with E-state index in [2.05, 4.69) is 369 Å². The van der Waals surface area contributed by atoms with E-state index in [0.29, 0.717) is 0 Å². The summed E-state index contributed by atoms with van der Waals surface area (Å²) in [4.78, 5) is 19.7. The smallest absolute Gasteiger partial charge is 0.197 e. The normalized spacial score (nSPS) is 13.5. The summed E-state index contributed by atoms with van der Waals surface area (Å²) < 4.78 is 3.22. The maximum Gasteiger partial charge on any atom is 0.197 e. The zero-order valence-corrected chi connectivity index (χ0v) is 60.0. The third-order valence-corrected chi connectivity index (χ3v) is 22.2. The van der Waals surface area contributed by atoms with Gasteiger partial charge in [0.1, 0.15) is 5.60 Å². The lowest BCUT2D eigenvalue weighted by Gasteiger charge is -2.48. The molecule has 0 amide bonds. The minimum atomic E-state index is -1.48. The highest BCUT2D eigenvalue weighted by atomic mass is 79.9. The Hall–Kier alpha value is -13.2. The van der Waals surface area contributed by atoms with Crippen molar-refractivity contribution in [1.82, 2.24) is 4.57 Å². The number of hydrogen-bond acceptors (Lipinski definition) is 5. The van der Waals surface area contributed by atoms with Crippen LogP contribution in [0.15, 0.2) is 434 Å². The van der Waals surface area contributed by atoms with Crippen LogP contribution in [0.5, 0.6) is 0 Å². The van der Waals surface area contributed by atoms with Gasteiger partial charge in [-0.3, -0.25) is 4.79 Å². The van der Waals surface area contributed by atoms with Gasteiger partial charge in [-0.1, -0.05) is 336 Å². The molecular formula is C102H81BrN4O2. The molecule has 0 saturated heterocycles. The van der Waals surface area contributed by atoms with Gasteiger partial charge in [-0.25, -0.2) is 0 Å². The van der Waals surface area contributed by atoms with Crippen molar-refractivity contribution in [3.05, 3.63) is 501 Å². The van der Waals surface area contributed by atoms with Crippen LogP contribution in [-0.4, -0.2) is 9.67 Å². The first-order chi connectivity index (χ1) is 52.9. The molecule has 1 aromatic heterocycles. The van der Waals surface area contributed by atoms with Crippen molar-refractivity contribution in [3.63, 3.8) is 0 Å². The van der Waals surface area contributed by atoms with Crippen molar-refractivity contribution in [1.29, 1.82) is 0 Å². The van der Waals surface area contributed by atoms with Crippen molar-refractivity contribution in [2.75, 3.05) is 14.7 Å². The summed E-state index contributed by atoms with van der Waals surface area (Å²) in [6, 6.07) is 148. The van der Waals surface area contributed by atoms with Crippen LogP contribution in [0.1, 0.15) is 77.5 Å². The molecule has 0 spiro atoms. The molecule has 528 valence electrons. The van der Waals surface area contributed by atoms with Gasteiger partial charge in [-0.15, -0.1) is 0 Å². The monoisotopic (exact) mass is 1470 g/mol. The maximum atomic E-state index is 13.7. The number of pyridine rings is 1. The molecule has 17 aromatic rings. The van der Waals surface area contributed by atoms with E-state index < -0.39 is 16.4 Å². The fraction of sp³-hybridized carbons (Fsp3) is 0.0490. The number of rotatable bonds is 9.